The van der Waals surface area contributed by atoms with Gasteiger partial charge in [0.15, 0.2) is 11.5 Å². The highest BCUT2D eigenvalue weighted by Crippen LogP contribution is 2.40. The van der Waals surface area contributed by atoms with Gasteiger partial charge in [0.05, 0.1) is 20.3 Å². The first-order chi connectivity index (χ1) is 6.61. The van der Waals surface area contributed by atoms with Crippen molar-refractivity contribution in [2.75, 3.05) is 14.2 Å². The largest absolute Gasteiger partial charge is 0.504 e. The van der Waals surface area contributed by atoms with Gasteiger partial charge in [0, 0.05) is 5.56 Å². The van der Waals surface area contributed by atoms with Crippen molar-refractivity contribution in [3.8, 4) is 17.2 Å². The van der Waals surface area contributed by atoms with Crippen LogP contribution in [0.3, 0.4) is 0 Å². The predicted octanol–water partition coefficient (Wildman–Crippen LogP) is 1.46. The maximum atomic E-state index is 9.71. The fraction of sp³-hybridized carbons (Fsp3) is 0.400. The number of aliphatic hydroxyl groups excluding tert-OH is 1. The molecular formula is C10H14O4. The minimum absolute atomic E-state index is 0.0816. The first-order valence-corrected chi connectivity index (χ1v) is 4.23. The van der Waals surface area contributed by atoms with Crippen molar-refractivity contribution in [3.63, 3.8) is 0 Å². The highest BCUT2D eigenvalue weighted by atomic mass is 16.5. The van der Waals surface area contributed by atoms with Crippen molar-refractivity contribution in [2.45, 2.75) is 13.0 Å². The highest BCUT2D eigenvalue weighted by molar-refractivity contribution is 5.55. The Bertz CT molecular complexity index is 320. The quantitative estimate of drug-likeness (QED) is 0.772. The number of methoxy groups -OCH3 is 2. The summed E-state index contributed by atoms with van der Waals surface area (Å²) in [4.78, 5) is 0. The van der Waals surface area contributed by atoms with Crippen LogP contribution in [0.15, 0.2) is 12.1 Å². The third kappa shape index (κ3) is 1.75. The maximum Gasteiger partial charge on any atom is 0.203 e. The number of aliphatic hydroxyl groups is 1. The topological polar surface area (TPSA) is 58.9 Å². The van der Waals surface area contributed by atoms with Crippen molar-refractivity contribution in [1.29, 1.82) is 0 Å². The van der Waals surface area contributed by atoms with Gasteiger partial charge in [-0.2, -0.15) is 0 Å². The molecule has 0 amide bonds. The summed E-state index contributed by atoms with van der Waals surface area (Å²) in [6.45, 7) is 1.57. The standard InChI is InChI=1S/C10H14O4/c1-6(11)7-4-5-8(13-2)10(14-3)9(7)12/h4-6,11-12H,1-3H3. The molecule has 0 spiro atoms. The molecule has 1 unspecified atom stereocenters. The minimum atomic E-state index is -0.741. The molecule has 0 radical (unpaired) electrons. The molecule has 0 heterocycles. The van der Waals surface area contributed by atoms with E-state index in [9.17, 15) is 10.2 Å². The van der Waals surface area contributed by atoms with Crippen molar-refractivity contribution in [2.24, 2.45) is 0 Å². The summed E-state index contributed by atoms with van der Waals surface area (Å²) in [5, 5.41) is 19.0. The molecule has 14 heavy (non-hydrogen) atoms. The molecule has 0 aliphatic rings. The number of benzene rings is 1. The molecule has 1 rings (SSSR count). The lowest BCUT2D eigenvalue weighted by Crippen LogP contribution is -1.96. The van der Waals surface area contributed by atoms with Crippen LogP contribution in [-0.2, 0) is 0 Å². The molecular weight excluding hydrogens is 184 g/mol. The lowest BCUT2D eigenvalue weighted by molar-refractivity contribution is 0.193. The summed E-state index contributed by atoms with van der Waals surface area (Å²) in [6, 6.07) is 3.24. The summed E-state index contributed by atoms with van der Waals surface area (Å²) in [5.41, 5.74) is 0.419. The Labute approximate surface area is 82.7 Å². The van der Waals surface area contributed by atoms with Crippen LogP contribution in [0.1, 0.15) is 18.6 Å². The Morgan fingerprint density at radius 2 is 1.86 bits per heavy atom. The lowest BCUT2D eigenvalue weighted by Gasteiger charge is -2.13. The molecule has 0 bridgehead atoms. The van der Waals surface area contributed by atoms with Crippen LogP contribution in [0.4, 0.5) is 0 Å². The third-order valence-electron chi connectivity index (χ3n) is 2.00. The molecule has 0 aliphatic carbocycles. The van der Waals surface area contributed by atoms with Crippen molar-refractivity contribution >= 4 is 0 Å². The molecule has 1 aromatic carbocycles. The van der Waals surface area contributed by atoms with Gasteiger partial charge >= 0.3 is 0 Å². The van der Waals surface area contributed by atoms with Gasteiger partial charge in [-0.3, -0.25) is 0 Å². The SMILES string of the molecule is COc1ccc(C(C)O)c(O)c1OC. The number of ether oxygens (including phenoxy) is 2. The molecule has 0 saturated carbocycles. The monoisotopic (exact) mass is 198 g/mol. The van der Waals surface area contributed by atoms with Gasteiger partial charge in [0.1, 0.15) is 0 Å². The third-order valence-corrected chi connectivity index (χ3v) is 2.00. The fourth-order valence-electron chi connectivity index (χ4n) is 1.26. The summed E-state index contributed by atoms with van der Waals surface area (Å²) in [6.07, 6.45) is -0.741. The molecule has 2 N–H and O–H groups in total. The zero-order chi connectivity index (χ0) is 10.7. The summed E-state index contributed by atoms with van der Waals surface area (Å²) in [5.74, 6) is 0.599. The molecule has 1 aromatic rings. The molecule has 4 heteroatoms. The number of hydrogen-bond donors (Lipinski definition) is 2. The highest BCUT2D eigenvalue weighted by Gasteiger charge is 2.16. The molecule has 0 saturated heterocycles. The second-order valence-electron chi connectivity index (χ2n) is 2.91. The van der Waals surface area contributed by atoms with Crippen molar-refractivity contribution in [1.82, 2.24) is 0 Å². The van der Waals surface area contributed by atoms with E-state index in [1.807, 2.05) is 0 Å². The Balaban J connectivity index is 3.27. The van der Waals surface area contributed by atoms with E-state index in [0.29, 0.717) is 11.3 Å². The Morgan fingerprint density at radius 3 is 2.29 bits per heavy atom. The zero-order valence-electron chi connectivity index (χ0n) is 8.44. The number of rotatable bonds is 3. The number of phenolic OH excluding ortho intramolecular Hbond substituents is 1. The van der Waals surface area contributed by atoms with Crippen LogP contribution in [0.2, 0.25) is 0 Å². The molecule has 1 atom stereocenters. The van der Waals surface area contributed by atoms with E-state index in [1.54, 1.807) is 19.1 Å². The van der Waals surface area contributed by atoms with E-state index in [1.165, 1.54) is 14.2 Å². The minimum Gasteiger partial charge on any atom is -0.504 e. The van der Waals surface area contributed by atoms with Crippen LogP contribution in [0.25, 0.3) is 0 Å². The van der Waals surface area contributed by atoms with Crippen molar-refractivity contribution < 1.29 is 19.7 Å². The second kappa shape index (κ2) is 4.19. The van der Waals surface area contributed by atoms with E-state index in [2.05, 4.69) is 0 Å². The first-order valence-electron chi connectivity index (χ1n) is 4.23. The number of aromatic hydroxyl groups is 1. The van der Waals surface area contributed by atoms with Crippen LogP contribution >= 0.6 is 0 Å². The van der Waals surface area contributed by atoms with E-state index in [0.717, 1.165) is 0 Å². The van der Waals surface area contributed by atoms with Gasteiger partial charge in [-0.05, 0) is 19.1 Å². The molecule has 0 aromatic heterocycles. The summed E-state index contributed by atoms with van der Waals surface area (Å²) < 4.78 is 9.96. The van der Waals surface area contributed by atoms with Gasteiger partial charge in [0.2, 0.25) is 5.75 Å². The lowest BCUT2D eigenvalue weighted by atomic mass is 10.1. The van der Waals surface area contributed by atoms with Gasteiger partial charge < -0.3 is 19.7 Å². The average molecular weight is 198 g/mol. The van der Waals surface area contributed by atoms with Gasteiger partial charge in [0.25, 0.3) is 0 Å². The molecule has 78 valence electrons. The van der Waals surface area contributed by atoms with E-state index in [4.69, 9.17) is 9.47 Å². The Morgan fingerprint density at radius 1 is 1.21 bits per heavy atom. The number of phenols is 1. The van der Waals surface area contributed by atoms with Gasteiger partial charge in [-0.25, -0.2) is 0 Å². The van der Waals surface area contributed by atoms with Gasteiger partial charge in [-0.1, -0.05) is 0 Å². The summed E-state index contributed by atoms with van der Waals surface area (Å²) in [7, 11) is 2.92. The van der Waals surface area contributed by atoms with Crippen LogP contribution in [0.5, 0.6) is 17.2 Å². The predicted molar refractivity (Wildman–Crippen MR) is 51.8 cm³/mol. The van der Waals surface area contributed by atoms with E-state index >= 15 is 0 Å². The second-order valence-corrected chi connectivity index (χ2v) is 2.91. The Kier molecular flexibility index (Phi) is 3.19. The molecule has 0 fully saturated rings. The number of hydrogen-bond acceptors (Lipinski definition) is 4. The maximum absolute atomic E-state index is 9.71. The first kappa shape index (κ1) is 10.7. The summed E-state index contributed by atoms with van der Waals surface area (Å²) >= 11 is 0. The molecule has 0 aliphatic heterocycles. The van der Waals surface area contributed by atoms with Gasteiger partial charge in [-0.15, -0.1) is 0 Å². The Hall–Kier alpha value is -1.42. The fourth-order valence-corrected chi connectivity index (χ4v) is 1.26. The van der Waals surface area contributed by atoms with E-state index < -0.39 is 6.10 Å². The van der Waals surface area contributed by atoms with Crippen molar-refractivity contribution in [3.05, 3.63) is 17.7 Å². The van der Waals surface area contributed by atoms with E-state index in [-0.39, 0.29) is 11.5 Å². The average Bonchev–Trinajstić information content (AvgIpc) is 2.16. The normalized spacial score (nSPS) is 12.3. The molecule has 4 nitrogen and oxygen atoms in total. The van der Waals surface area contributed by atoms with Crippen LogP contribution in [0, 0.1) is 0 Å². The van der Waals surface area contributed by atoms with Crippen LogP contribution in [-0.4, -0.2) is 24.4 Å². The smallest absolute Gasteiger partial charge is 0.203 e. The zero-order valence-corrected chi connectivity index (χ0v) is 8.44. The van der Waals surface area contributed by atoms with Crippen LogP contribution < -0.4 is 9.47 Å².